The molecule has 3 fully saturated rings. The maximum absolute atomic E-state index is 12.4. The molecule has 2 amide bonds. The number of rotatable bonds is 7. The lowest BCUT2D eigenvalue weighted by Gasteiger charge is -2.49. The second-order valence-electron chi connectivity index (χ2n) is 12.1. The van der Waals surface area contributed by atoms with Crippen LogP contribution in [0.5, 0.6) is 0 Å². The number of fused-ring (bicyclic) bond motifs is 2. The first-order valence-electron chi connectivity index (χ1n) is 16.3. The molecule has 6 N–H and O–H groups in total. The number of aromatic nitrogens is 2. The van der Waals surface area contributed by atoms with Crippen molar-refractivity contribution < 1.29 is 24.7 Å². The number of hydrogen-bond acceptors (Lipinski definition) is 13. The number of hydrogen-bond donors (Lipinski definition) is 6. The van der Waals surface area contributed by atoms with E-state index in [1.54, 1.807) is 11.3 Å². The Bertz CT molecular complexity index is 1660. The Labute approximate surface area is 302 Å². The molecule has 0 radical (unpaired) electrons. The summed E-state index contributed by atoms with van der Waals surface area (Å²) in [7, 11) is 0. The molecule has 3 aromatic rings. The first-order valence-corrected chi connectivity index (χ1v) is 19.5. The number of carboxylic acid groups (broad SMARTS) is 1. The Morgan fingerprint density at radius 3 is 2.27 bits per heavy atom. The molecule has 49 heavy (non-hydrogen) atoms. The number of aliphatic carboxylic acids is 1. The summed E-state index contributed by atoms with van der Waals surface area (Å²) in [4.78, 5) is 45.4. The highest BCUT2D eigenvalue weighted by molar-refractivity contribution is 8.00. The summed E-state index contributed by atoms with van der Waals surface area (Å²) in [5.41, 5.74) is 6.53. The number of amides is 2. The first kappa shape index (κ1) is 36.8. The van der Waals surface area contributed by atoms with E-state index >= 15 is 0 Å². The third-order valence-electron chi connectivity index (χ3n) is 8.78. The fourth-order valence-electron chi connectivity index (χ4n) is 6.35. The van der Waals surface area contributed by atoms with E-state index in [9.17, 15) is 19.5 Å². The third-order valence-corrected chi connectivity index (χ3v) is 12.0. The Kier molecular flexibility index (Phi) is 13.1. The number of β-lactam (4-membered cyclic amide) rings is 1. The Morgan fingerprint density at radius 1 is 1.06 bits per heavy atom. The van der Waals surface area contributed by atoms with Crippen LogP contribution in [-0.2, 0) is 14.4 Å². The molecule has 16 heteroatoms. The fourth-order valence-corrected chi connectivity index (χ4v) is 9.35. The van der Waals surface area contributed by atoms with E-state index in [2.05, 4.69) is 45.0 Å². The molecular weight excluding hydrogens is 703 g/mol. The quantitative estimate of drug-likeness (QED) is 0.0581. The van der Waals surface area contributed by atoms with Gasteiger partial charge in [-0.3, -0.25) is 14.5 Å². The van der Waals surface area contributed by atoms with Gasteiger partial charge in [0.1, 0.15) is 27.1 Å². The molecule has 4 aliphatic rings. The minimum Gasteiger partial charge on any atom is -0.477 e. The minimum atomic E-state index is -1.24. The lowest BCUT2D eigenvalue weighted by Crippen LogP contribution is -2.71. The van der Waals surface area contributed by atoms with Gasteiger partial charge in [-0.05, 0) is 43.4 Å². The van der Waals surface area contributed by atoms with Gasteiger partial charge in [-0.1, -0.05) is 68.5 Å². The molecule has 1 saturated heterocycles. The normalized spacial score (nSPS) is 21.4. The number of thioether (sulfide) groups is 1. The first-order chi connectivity index (χ1) is 23.7. The van der Waals surface area contributed by atoms with Gasteiger partial charge in [0, 0.05) is 23.2 Å². The van der Waals surface area contributed by atoms with Gasteiger partial charge in [0.15, 0.2) is 10.8 Å². The molecule has 0 bridgehead atoms. The fraction of sp³-hybridized carbons (Fsp3) is 0.455. The van der Waals surface area contributed by atoms with E-state index in [1.807, 2.05) is 24.3 Å². The molecule has 2 aliphatic heterocycles. The molecule has 4 heterocycles. The van der Waals surface area contributed by atoms with Gasteiger partial charge in [-0.15, -0.1) is 47.1 Å². The van der Waals surface area contributed by atoms with Crippen LogP contribution in [0.1, 0.15) is 69.9 Å². The number of thiazole rings is 2. The number of carboxylic acids is 1. The van der Waals surface area contributed by atoms with Crippen LogP contribution in [0.25, 0.3) is 10.2 Å². The molecule has 0 spiro atoms. The molecule has 2 aliphatic carbocycles. The van der Waals surface area contributed by atoms with E-state index in [1.165, 1.54) is 92.1 Å². The number of anilines is 1. The summed E-state index contributed by atoms with van der Waals surface area (Å²) < 4.78 is 2.04. The van der Waals surface area contributed by atoms with Crippen molar-refractivity contribution in [1.82, 2.24) is 25.5 Å². The summed E-state index contributed by atoms with van der Waals surface area (Å²) in [6.45, 7) is 3.56. The van der Waals surface area contributed by atoms with E-state index < -0.39 is 29.2 Å². The van der Waals surface area contributed by atoms with Crippen LogP contribution in [0.3, 0.4) is 0 Å². The molecular formula is C33H41N7O5S4. The minimum absolute atomic E-state index is 0.0764. The van der Waals surface area contributed by atoms with Crippen molar-refractivity contribution in [2.24, 2.45) is 5.16 Å². The molecule has 2 aromatic heterocycles. The number of thiol groups is 1. The number of para-hydroxylation sites is 1. The van der Waals surface area contributed by atoms with Crippen molar-refractivity contribution in [3.05, 3.63) is 59.3 Å². The number of nitrogens with one attached hydrogen (secondary N) is 2. The van der Waals surface area contributed by atoms with Crippen molar-refractivity contribution >= 4 is 85.9 Å². The number of carbonyl (C=O) groups excluding carboxylic acids is 2. The summed E-state index contributed by atoms with van der Waals surface area (Å²) in [5, 5.41) is 28.8. The van der Waals surface area contributed by atoms with E-state index in [4.69, 9.17) is 10.9 Å². The second kappa shape index (κ2) is 17.5. The summed E-state index contributed by atoms with van der Waals surface area (Å²) in [6, 6.07) is 8.83. The van der Waals surface area contributed by atoms with Crippen molar-refractivity contribution in [1.29, 1.82) is 0 Å². The average molecular weight is 744 g/mol. The Balaban J connectivity index is 0.000000167. The number of benzene rings is 1. The number of nitrogen functional groups attached to an aromatic ring is 1. The van der Waals surface area contributed by atoms with Gasteiger partial charge in [0.25, 0.3) is 11.8 Å². The van der Waals surface area contributed by atoms with Crippen LogP contribution in [0, 0.1) is 0 Å². The van der Waals surface area contributed by atoms with Crippen LogP contribution in [0.4, 0.5) is 5.13 Å². The maximum atomic E-state index is 12.4. The van der Waals surface area contributed by atoms with Gasteiger partial charge in [-0.2, -0.15) is 0 Å². The van der Waals surface area contributed by atoms with Gasteiger partial charge in [-0.25, -0.2) is 14.8 Å². The lowest BCUT2D eigenvalue weighted by molar-refractivity contribution is -0.150. The van der Waals surface area contributed by atoms with Gasteiger partial charge in [0.05, 0.1) is 10.2 Å². The van der Waals surface area contributed by atoms with Crippen LogP contribution >= 0.6 is 47.1 Å². The number of carbonyl (C=O) groups is 3. The highest BCUT2D eigenvalue weighted by Gasteiger charge is 2.54. The Morgan fingerprint density at radius 2 is 1.71 bits per heavy atom. The average Bonchev–Trinajstić information content (AvgIpc) is 3.72. The van der Waals surface area contributed by atoms with Crippen molar-refractivity contribution in [2.75, 3.05) is 11.5 Å². The van der Waals surface area contributed by atoms with Crippen molar-refractivity contribution in [3.8, 4) is 0 Å². The standard InChI is InChI=1S/C14H13N5O5S2.C12H23N.C7H5NS2/c1-2-5-3-25-12-8(11(21)19(12)9(5)13(22)23)17-10(20)7(18-24)6-4-26-14(15)16-6;1-3-7-11(8-4-1)13-12-9-5-2-6-10-12;9-7-8-5-3-1-2-4-6(5)10-7/h2,4,8,12,24H,1,3H2,(H2,15,16)(H,17,20)(H,22,23);11-13H,1-10H2;1-4H,(H,8,9)/b18-7-;;/t8-,12-;;/m1../s1. The Hall–Kier alpha value is -3.44. The second-order valence-corrected chi connectivity index (χ2v) is 15.8. The zero-order valence-corrected chi connectivity index (χ0v) is 30.3. The molecule has 2 saturated carbocycles. The zero-order chi connectivity index (χ0) is 34.9. The summed E-state index contributed by atoms with van der Waals surface area (Å²) in [5.74, 6) is -2.27. The molecule has 262 valence electrons. The molecule has 12 nitrogen and oxygen atoms in total. The van der Waals surface area contributed by atoms with E-state index in [0.29, 0.717) is 11.3 Å². The van der Waals surface area contributed by atoms with Crippen LogP contribution < -0.4 is 16.4 Å². The monoisotopic (exact) mass is 743 g/mol. The summed E-state index contributed by atoms with van der Waals surface area (Å²) in [6.07, 6.45) is 16.0. The number of nitrogens with zero attached hydrogens (tertiary/aromatic N) is 4. The molecule has 7 rings (SSSR count). The number of nitrogens with two attached hydrogens (primary N) is 1. The predicted molar refractivity (Wildman–Crippen MR) is 198 cm³/mol. The zero-order valence-electron chi connectivity index (χ0n) is 26.9. The van der Waals surface area contributed by atoms with E-state index in [0.717, 1.165) is 38.2 Å². The smallest absolute Gasteiger partial charge is 0.352 e. The summed E-state index contributed by atoms with van der Waals surface area (Å²) >= 11 is 8.12. The lowest BCUT2D eigenvalue weighted by atomic mass is 9.91. The predicted octanol–water partition coefficient (Wildman–Crippen LogP) is 5.65. The topological polar surface area (TPSA) is 183 Å². The largest absolute Gasteiger partial charge is 0.477 e. The molecule has 2 atom stereocenters. The number of allylic oxidation sites excluding steroid dienone is 1. The highest BCUT2D eigenvalue weighted by atomic mass is 32.2. The van der Waals surface area contributed by atoms with Gasteiger partial charge in [0.2, 0.25) is 0 Å². The third kappa shape index (κ3) is 9.22. The maximum Gasteiger partial charge on any atom is 0.352 e. The van der Waals surface area contributed by atoms with Crippen LogP contribution in [0.15, 0.2) is 63.1 Å². The SMILES string of the molecule is C1CCC(NC2CCCCC2)CC1.C=CC1=C(C(=O)O)N2C(=O)[C@@H](NC(=O)/C(=N\O)c3csc(N)n3)[C@H]2SC1.Sc1nc2ccccc2s1. The van der Waals surface area contributed by atoms with Crippen LogP contribution in [-0.4, -0.2) is 77.9 Å². The van der Waals surface area contributed by atoms with E-state index in [-0.39, 0.29) is 22.2 Å². The molecule has 0 unspecified atom stereocenters. The van der Waals surface area contributed by atoms with Gasteiger partial charge >= 0.3 is 5.97 Å². The molecule has 1 aromatic carbocycles. The van der Waals surface area contributed by atoms with Gasteiger partial charge < -0.3 is 26.7 Å². The highest BCUT2D eigenvalue weighted by Crippen LogP contribution is 2.40. The van der Waals surface area contributed by atoms with Crippen molar-refractivity contribution in [2.45, 2.75) is 92.0 Å². The van der Waals surface area contributed by atoms with Crippen LogP contribution in [0.2, 0.25) is 0 Å². The van der Waals surface area contributed by atoms with Crippen molar-refractivity contribution in [3.63, 3.8) is 0 Å². The number of oxime groups is 1.